The SMILES string of the molecule is COc1cc(NC(=S)N[C@H]2CC[C@@H](Nc3nccc(N(C)C)n3)CC2)cc(OC)c1OC. The van der Waals surface area contributed by atoms with Crippen LogP contribution in [0.3, 0.4) is 0 Å². The quantitative estimate of drug-likeness (QED) is 0.510. The van der Waals surface area contributed by atoms with Crippen molar-refractivity contribution >= 4 is 34.8 Å². The van der Waals surface area contributed by atoms with Crippen molar-refractivity contribution in [1.29, 1.82) is 0 Å². The summed E-state index contributed by atoms with van der Waals surface area (Å²) in [6.45, 7) is 0. The Labute approximate surface area is 194 Å². The van der Waals surface area contributed by atoms with Gasteiger partial charge < -0.3 is 35.1 Å². The van der Waals surface area contributed by atoms with Crippen LogP contribution in [-0.2, 0) is 0 Å². The van der Waals surface area contributed by atoms with Gasteiger partial charge in [0.15, 0.2) is 16.6 Å². The highest BCUT2D eigenvalue weighted by molar-refractivity contribution is 7.80. The molecule has 1 fully saturated rings. The lowest BCUT2D eigenvalue weighted by Gasteiger charge is -2.30. The van der Waals surface area contributed by atoms with Gasteiger partial charge in [0.1, 0.15) is 5.82 Å². The molecule has 1 heterocycles. The first-order valence-corrected chi connectivity index (χ1v) is 11.0. The number of nitrogens with zero attached hydrogens (tertiary/aromatic N) is 3. The smallest absolute Gasteiger partial charge is 0.224 e. The van der Waals surface area contributed by atoms with Gasteiger partial charge in [0.2, 0.25) is 11.7 Å². The maximum Gasteiger partial charge on any atom is 0.224 e. The van der Waals surface area contributed by atoms with E-state index in [0.29, 0.717) is 40.4 Å². The van der Waals surface area contributed by atoms with Gasteiger partial charge in [0.25, 0.3) is 0 Å². The zero-order valence-corrected chi connectivity index (χ0v) is 20.1. The summed E-state index contributed by atoms with van der Waals surface area (Å²) in [6, 6.07) is 6.22. The summed E-state index contributed by atoms with van der Waals surface area (Å²) < 4.78 is 16.2. The summed E-state index contributed by atoms with van der Waals surface area (Å²) in [4.78, 5) is 10.9. The van der Waals surface area contributed by atoms with E-state index in [4.69, 9.17) is 26.4 Å². The molecule has 1 saturated carbocycles. The number of ether oxygens (including phenoxy) is 3. The predicted molar refractivity (Wildman–Crippen MR) is 131 cm³/mol. The zero-order chi connectivity index (χ0) is 23.1. The molecular weight excluding hydrogens is 428 g/mol. The first kappa shape index (κ1) is 23.6. The third-order valence-electron chi connectivity index (χ3n) is 5.42. The molecule has 0 unspecified atom stereocenters. The van der Waals surface area contributed by atoms with Crippen LogP contribution in [-0.4, -0.2) is 62.6 Å². The van der Waals surface area contributed by atoms with Gasteiger partial charge in [-0.2, -0.15) is 4.98 Å². The molecule has 174 valence electrons. The van der Waals surface area contributed by atoms with Gasteiger partial charge in [0, 0.05) is 50.2 Å². The molecule has 32 heavy (non-hydrogen) atoms. The standard InChI is InChI=1S/C22H32N6O3S/c1-28(2)19-10-11-23-21(27-19)24-14-6-8-15(9-7-14)25-22(32)26-16-12-17(29-3)20(31-5)18(13-16)30-4/h10-15H,6-9H2,1-5H3,(H,23,24,27)(H2,25,26,32)/t14-,15+. The topological polar surface area (TPSA) is 92.8 Å². The second kappa shape index (κ2) is 11.0. The van der Waals surface area contributed by atoms with Gasteiger partial charge in [-0.05, 0) is 44.0 Å². The van der Waals surface area contributed by atoms with Crippen molar-refractivity contribution in [2.45, 2.75) is 37.8 Å². The van der Waals surface area contributed by atoms with Crippen LogP contribution in [0.5, 0.6) is 17.2 Å². The van der Waals surface area contributed by atoms with Crippen molar-refractivity contribution in [3.05, 3.63) is 24.4 Å². The normalized spacial score (nSPS) is 17.8. The van der Waals surface area contributed by atoms with E-state index in [1.165, 1.54) is 0 Å². The van der Waals surface area contributed by atoms with Crippen molar-refractivity contribution in [2.24, 2.45) is 0 Å². The third kappa shape index (κ3) is 6.03. The maximum atomic E-state index is 5.53. The van der Waals surface area contributed by atoms with E-state index in [2.05, 4.69) is 25.9 Å². The number of hydrogen-bond donors (Lipinski definition) is 3. The lowest BCUT2D eigenvalue weighted by molar-refractivity contribution is 0.324. The molecule has 3 rings (SSSR count). The lowest BCUT2D eigenvalue weighted by atomic mass is 9.91. The molecule has 1 aliphatic carbocycles. The number of rotatable bonds is 8. The van der Waals surface area contributed by atoms with Crippen LogP contribution in [0.25, 0.3) is 0 Å². The number of nitrogens with one attached hydrogen (secondary N) is 3. The molecule has 0 atom stereocenters. The average Bonchev–Trinajstić information content (AvgIpc) is 2.79. The van der Waals surface area contributed by atoms with E-state index in [0.717, 1.165) is 37.2 Å². The van der Waals surface area contributed by atoms with Gasteiger partial charge in [-0.1, -0.05) is 0 Å². The largest absolute Gasteiger partial charge is 0.493 e. The zero-order valence-electron chi connectivity index (χ0n) is 19.3. The molecule has 2 aromatic rings. The van der Waals surface area contributed by atoms with Crippen LogP contribution in [0.1, 0.15) is 25.7 Å². The van der Waals surface area contributed by atoms with E-state index in [9.17, 15) is 0 Å². The fourth-order valence-electron chi connectivity index (χ4n) is 3.74. The minimum Gasteiger partial charge on any atom is -0.493 e. The number of methoxy groups -OCH3 is 3. The van der Waals surface area contributed by atoms with Gasteiger partial charge >= 0.3 is 0 Å². The summed E-state index contributed by atoms with van der Waals surface area (Å²) >= 11 is 5.53. The van der Waals surface area contributed by atoms with Crippen LogP contribution in [0.4, 0.5) is 17.5 Å². The molecule has 1 aliphatic rings. The van der Waals surface area contributed by atoms with Crippen molar-refractivity contribution in [1.82, 2.24) is 15.3 Å². The molecular formula is C22H32N6O3S. The molecule has 0 aliphatic heterocycles. The average molecular weight is 461 g/mol. The van der Waals surface area contributed by atoms with E-state index >= 15 is 0 Å². The molecule has 0 bridgehead atoms. The van der Waals surface area contributed by atoms with Crippen LogP contribution in [0.15, 0.2) is 24.4 Å². The summed E-state index contributed by atoms with van der Waals surface area (Å²) in [7, 11) is 8.70. The first-order valence-electron chi connectivity index (χ1n) is 10.6. The van der Waals surface area contributed by atoms with Crippen LogP contribution >= 0.6 is 12.2 Å². The van der Waals surface area contributed by atoms with E-state index in [1.807, 2.05) is 37.2 Å². The molecule has 1 aromatic heterocycles. The molecule has 0 saturated heterocycles. The highest BCUT2D eigenvalue weighted by Crippen LogP contribution is 2.39. The molecule has 10 heteroatoms. The second-order valence-electron chi connectivity index (χ2n) is 7.84. The number of hydrogen-bond acceptors (Lipinski definition) is 8. The Morgan fingerprint density at radius 1 is 1.00 bits per heavy atom. The minimum atomic E-state index is 0.309. The molecule has 3 N–H and O–H groups in total. The number of aromatic nitrogens is 2. The summed E-state index contributed by atoms with van der Waals surface area (Å²) in [6.07, 6.45) is 5.81. The summed E-state index contributed by atoms with van der Waals surface area (Å²) in [5, 5.41) is 10.7. The highest BCUT2D eigenvalue weighted by atomic mass is 32.1. The Kier molecular flexibility index (Phi) is 8.15. The van der Waals surface area contributed by atoms with Crippen molar-refractivity contribution in [2.75, 3.05) is 51.0 Å². The van der Waals surface area contributed by atoms with E-state index in [1.54, 1.807) is 27.5 Å². The van der Waals surface area contributed by atoms with Crippen LogP contribution in [0, 0.1) is 0 Å². The van der Waals surface area contributed by atoms with Crippen LogP contribution < -0.4 is 35.1 Å². The minimum absolute atomic E-state index is 0.309. The van der Waals surface area contributed by atoms with Crippen molar-refractivity contribution < 1.29 is 14.2 Å². The van der Waals surface area contributed by atoms with E-state index < -0.39 is 0 Å². The molecule has 9 nitrogen and oxygen atoms in total. The first-order chi connectivity index (χ1) is 15.4. The Bertz CT molecular complexity index is 893. The predicted octanol–water partition coefficient (Wildman–Crippen LogP) is 3.28. The molecule has 0 radical (unpaired) electrons. The van der Waals surface area contributed by atoms with Gasteiger partial charge in [-0.3, -0.25) is 0 Å². The second-order valence-corrected chi connectivity index (χ2v) is 8.25. The Morgan fingerprint density at radius 2 is 1.62 bits per heavy atom. The lowest BCUT2D eigenvalue weighted by Crippen LogP contribution is -2.42. The maximum absolute atomic E-state index is 5.53. The fraction of sp³-hybridized carbons (Fsp3) is 0.500. The Hall–Kier alpha value is -3.01. The Morgan fingerprint density at radius 3 is 2.19 bits per heavy atom. The van der Waals surface area contributed by atoms with Crippen molar-refractivity contribution in [3.8, 4) is 17.2 Å². The third-order valence-corrected chi connectivity index (χ3v) is 5.64. The van der Waals surface area contributed by atoms with E-state index in [-0.39, 0.29) is 0 Å². The van der Waals surface area contributed by atoms with Gasteiger partial charge in [-0.15, -0.1) is 0 Å². The number of thiocarbonyl (C=S) groups is 1. The summed E-state index contributed by atoms with van der Waals surface area (Å²) in [5.41, 5.74) is 0.769. The number of benzene rings is 1. The van der Waals surface area contributed by atoms with Gasteiger partial charge in [-0.25, -0.2) is 4.98 Å². The Balaban J connectivity index is 1.51. The van der Waals surface area contributed by atoms with Crippen molar-refractivity contribution in [3.63, 3.8) is 0 Å². The highest BCUT2D eigenvalue weighted by Gasteiger charge is 2.22. The molecule has 0 amide bonds. The molecule has 0 spiro atoms. The monoisotopic (exact) mass is 460 g/mol. The van der Waals surface area contributed by atoms with Crippen LogP contribution in [0.2, 0.25) is 0 Å². The number of anilines is 3. The molecule has 1 aromatic carbocycles. The fourth-order valence-corrected chi connectivity index (χ4v) is 4.02. The van der Waals surface area contributed by atoms with Gasteiger partial charge in [0.05, 0.1) is 21.3 Å². The summed E-state index contributed by atoms with van der Waals surface area (Å²) in [5.74, 6) is 3.26.